The molecule has 0 saturated carbocycles. The van der Waals surface area contributed by atoms with Crippen molar-refractivity contribution in [2.75, 3.05) is 19.6 Å². The number of nitrogens with zero attached hydrogens (tertiary/aromatic N) is 3. The monoisotopic (exact) mass is 399 g/mol. The van der Waals surface area contributed by atoms with E-state index in [1.807, 2.05) is 17.1 Å². The van der Waals surface area contributed by atoms with Crippen LogP contribution in [0.2, 0.25) is 0 Å². The number of aromatic amines is 1. The molecule has 9 heteroatoms. The van der Waals surface area contributed by atoms with Crippen LogP contribution in [0.5, 0.6) is 0 Å². The summed E-state index contributed by atoms with van der Waals surface area (Å²) in [5.74, 6) is -0.314. The van der Waals surface area contributed by atoms with Crippen molar-refractivity contribution in [3.05, 3.63) is 42.6 Å². The molecule has 0 radical (unpaired) electrons. The zero-order valence-electron chi connectivity index (χ0n) is 15.8. The lowest BCUT2D eigenvalue weighted by Gasteiger charge is -2.32. The second kappa shape index (κ2) is 7.94. The third-order valence-electron chi connectivity index (χ3n) is 5.36. The highest BCUT2D eigenvalue weighted by Crippen LogP contribution is 2.30. The van der Waals surface area contributed by atoms with Gasteiger partial charge in [0.1, 0.15) is 5.82 Å². The number of carbonyl (C=O) groups is 2. The predicted molar refractivity (Wildman–Crippen MR) is 105 cm³/mol. The minimum absolute atomic E-state index is 0.0376. The lowest BCUT2D eigenvalue weighted by atomic mass is 10.0. The summed E-state index contributed by atoms with van der Waals surface area (Å²) in [7, 11) is 0. The first-order valence-electron chi connectivity index (χ1n) is 9.57. The maximum Gasteiger partial charge on any atom is 0.404 e. The van der Waals surface area contributed by atoms with Crippen LogP contribution in [0.3, 0.4) is 0 Å². The van der Waals surface area contributed by atoms with Gasteiger partial charge in [-0.2, -0.15) is 5.10 Å². The van der Waals surface area contributed by atoms with E-state index in [-0.39, 0.29) is 30.7 Å². The van der Waals surface area contributed by atoms with Gasteiger partial charge in [-0.3, -0.25) is 9.48 Å². The summed E-state index contributed by atoms with van der Waals surface area (Å²) in [4.78, 5) is 27.5. The Bertz CT molecular complexity index is 1040. The molecule has 0 spiro atoms. The molecule has 3 heterocycles. The Morgan fingerprint density at radius 1 is 1.31 bits per heavy atom. The van der Waals surface area contributed by atoms with Gasteiger partial charge >= 0.3 is 6.09 Å². The molecule has 3 N–H and O–H groups in total. The van der Waals surface area contributed by atoms with Gasteiger partial charge < -0.3 is 20.3 Å². The predicted octanol–water partition coefficient (Wildman–Crippen LogP) is 2.99. The van der Waals surface area contributed by atoms with E-state index in [2.05, 4.69) is 15.4 Å². The van der Waals surface area contributed by atoms with E-state index in [1.54, 1.807) is 17.2 Å². The Labute approximate surface area is 166 Å². The molecule has 0 unspecified atom stereocenters. The van der Waals surface area contributed by atoms with Gasteiger partial charge in [0.05, 0.1) is 12.2 Å². The summed E-state index contributed by atoms with van der Waals surface area (Å²) in [6.07, 6.45) is 6.29. The van der Waals surface area contributed by atoms with Gasteiger partial charge in [0.15, 0.2) is 0 Å². The van der Waals surface area contributed by atoms with Crippen LogP contribution < -0.4 is 5.32 Å². The molecule has 1 aliphatic rings. The number of hydrogen-bond acceptors (Lipinski definition) is 3. The van der Waals surface area contributed by atoms with Gasteiger partial charge in [-0.15, -0.1) is 0 Å². The number of piperidine rings is 1. The minimum Gasteiger partial charge on any atom is -0.465 e. The fourth-order valence-corrected chi connectivity index (χ4v) is 3.83. The van der Waals surface area contributed by atoms with Crippen LogP contribution in [0.15, 0.2) is 36.8 Å². The number of aromatic nitrogens is 3. The molecular weight excluding hydrogens is 377 g/mol. The van der Waals surface area contributed by atoms with E-state index in [9.17, 15) is 14.0 Å². The number of rotatable bonds is 5. The number of fused-ring (bicyclic) bond motifs is 1. The van der Waals surface area contributed by atoms with Crippen LogP contribution in [0.1, 0.15) is 25.3 Å². The topological polar surface area (TPSA) is 103 Å². The highest BCUT2D eigenvalue weighted by molar-refractivity contribution is 5.95. The number of likely N-dealkylation sites (tertiary alicyclic amines) is 1. The van der Waals surface area contributed by atoms with Gasteiger partial charge in [0.25, 0.3) is 0 Å². The Balaban J connectivity index is 1.38. The van der Waals surface area contributed by atoms with E-state index in [4.69, 9.17) is 5.11 Å². The third kappa shape index (κ3) is 4.08. The molecular formula is C20H22FN5O3. The fraction of sp³-hybridized carbons (Fsp3) is 0.350. The molecule has 2 amide bonds. The highest BCUT2D eigenvalue weighted by atomic mass is 19.1. The Kier molecular flexibility index (Phi) is 5.20. The van der Waals surface area contributed by atoms with Crippen molar-refractivity contribution < 1.29 is 19.1 Å². The van der Waals surface area contributed by atoms with Crippen molar-refractivity contribution in [1.29, 1.82) is 0 Å². The number of H-pyrrole nitrogens is 1. The minimum atomic E-state index is -1.12. The number of benzene rings is 1. The summed E-state index contributed by atoms with van der Waals surface area (Å²) in [5.41, 5.74) is 2.68. The molecule has 1 aromatic carbocycles. The van der Waals surface area contributed by atoms with Gasteiger partial charge in [0, 0.05) is 60.5 Å². The molecule has 1 fully saturated rings. The Hall–Kier alpha value is -3.36. The van der Waals surface area contributed by atoms with Crippen LogP contribution in [0, 0.1) is 5.82 Å². The molecule has 4 rings (SSSR count). The standard InChI is InChI=1S/C20H22FN5O3/c21-14-1-2-16-17(11-23-18(16)9-14)13-10-24-26(12-13)15-4-7-25(8-5-15)19(27)3-6-22-20(28)29/h1-2,9-12,15,22-23H,3-8H2,(H,28,29). The van der Waals surface area contributed by atoms with Crippen LogP contribution >= 0.6 is 0 Å². The fourth-order valence-electron chi connectivity index (χ4n) is 3.83. The lowest BCUT2D eigenvalue weighted by molar-refractivity contribution is -0.132. The Morgan fingerprint density at radius 2 is 2.10 bits per heavy atom. The SMILES string of the molecule is O=C(O)NCCC(=O)N1CCC(n2cc(-c3c[nH]c4cc(F)ccc34)cn2)CC1. The van der Waals surface area contributed by atoms with E-state index in [0.717, 1.165) is 34.9 Å². The molecule has 8 nitrogen and oxygen atoms in total. The number of carboxylic acid groups (broad SMARTS) is 1. The first-order chi connectivity index (χ1) is 14.0. The molecule has 0 aliphatic carbocycles. The third-order valence-corrected chi connectivity index (χ3v) is 5.36. The molecule has 0 atom stereocenters. The first-order valence-corrected chi connectivity index (χ1v) is 9.57. The number of nitrogens with one attached hydrogen (secondary N) is 2. The quantitative estimate of drug-likeness (QED) is 0.614. The number of amides is 2. The van der Waals surface area contributed by atoms with Crippen LogP contribution in [0.25, 0.3) is 22.0 Å². The summed E-state index contributed by atoms with van der Waals surface area (Å²) < 4.78 is 15.3. The van der Waals surface area contributed by atoms with Crippen molar-refractivity contribution in [2.45, 2.75) is 25.3 Å². The van der Waals surface area contributed by atoms with Crippen molar-refractivity contribution in [2.24, 2.45) is 0 Å². The van der Waals surface area contributed by atoms with Gasteiger partial charge in [-0.1, -0.05) is 0 Å². The first kappa shape index (κ1) is 19.0. The van der Waals surface area contributed by atoms with Gasteiger partial charge in [0.2, 0.25) is 5.91 Å². The van der Waals surface area contributed by atoms with Crippen LogP contribution in [-0.4, -0.2) is 56.4 Å². The second-order valence-electron chi connectivity index (χ2n) is 7.20. The van der Waals surface area contributed by atoms with Gasteiger partial charge in [-0.25, -0.2) is 9.18 Å². The number of carbonyl (C=O) groups excluding carboxylic acids is 1. The number of hydrogen-bond donors (Lipinski definition) is 3. The molecule has 0 bridgehead atoms. The zero-order chi connectivity index (χ0) is 20.4. The van der Waals surface area contributed by atoms with E-state index >= 15 is 0 Å². The van der Waals surface area contributed by atoms with Gasteiger partial charge in [-0.05, 0) is 31.0 Å². The van der Waals surface area contributed by atoms with Crippen molar-refractivity contribution >= 4 is 22.9 Å². The lowest BCUT2D eigenvalue weighted by Crippen LogP contribution is -2.40. The highest BCUT2D eigenvalue weighted by Gasteiger charge is 2.24. The molecule has 2 aromatic heterocycles. The Morgan fingerprint density at radius 3 is 2.86 bits per heavy atom. The normalized spacial score (nSPS) is 15.0. The summed E-state index contributed by atoms with van der Waals surface area (Å²) in [5, 5.41) is 16.2. The van der Waals surface area contributed by atoms with E-state index < -0.39 is 6.09 Å². The average molecular weight is 399 g/mol. The molecule has 1 saturated heterocycles. The number of halogens is 1. The smallest absolute Gasteiger partial charge is 0.404 e. The largest absolute Gasteiger partial charge is 0.465 e. The van der Waals surface area contributed by atoms with Crippen molar-refractivity contribution in [3.8, 4) is 11.1 Å². The molecule has 3 aromatic rings. The van der Waals surface area contributed by atoms with Crippen molar-refractivity contribution in [1.82, 2.24) is 25.0 Å². The van der Waals surface area contributed by atoms with Crippen LogP contribution in [-0.2, 0) is 4.79 Å². The summed E-state index contributed by atoms with van der Waals surface area (Å²) >= 11 is 0. The average Bonchev–Trinajstić information content (AvgIpc) is 3.34. The zero-order valence-corrected chi connectivity index (χ0v) is 15.8. The van der Waals surface area contributed by atoms with Crippen molar-refractivity contribution in [3.63, 3.8) is 0 Å². The molecule has 29 heavy (non-hydrogen) atoms. The summed E-state index contributed by atoms with van der Waals surface area (Å²) in [6, 6.07) is 4.88. The molecule has 1 aliphatic heterocycles. The van der Waals surface area contributed by atoms with E-state index in [0.29, 0.717) is 13.1 Å². The molecule has 152 valence electrons. The second-order valence-corrected chi connectivity index (χ2v) is 7.20. The summed E-state index contributed by atoms with van der Waals surface area (Å²) in [6.45, 7) is 1.38. The van der Waals surface area contributed by atoms with Crippen LogP contribution in [0.4, 0.5) is 9.18 Å². The van der Waals surface area contributed by atoms with E-state index in [1.165, 1.54) is 12.1 Å². The maximum atomic E-state index is 13.4. The maximum absolute atomic E-state index is 13.4.